The summed E-state index contributed by atoms with van der Waals surface area (Å²) in [6.45, 7) is 7.11. The summed E-state index contributed by atoms with van der Waals surface area (Å²) in [4.78, 5) is 56.0. The fraction of sp³-hybridized carbons (Fsp3) is 0.727. The summed E-state index contributed by atoms with van der Waals surface area (Å²) < 4.78 is 1.29. The molecule has 1 aromatic rings. The molecule has 4 atom stereocenters. The van der Waals surface area contributed by atoms with Crippen LogP contribution in [0, 0.1) is 17.8 Å². The van der Waals surface area contributed by atoms with E-state index in [1.807, 2.05) is 11.8 Å². The zero-order chi connectivity index (χ0) is 22.9. The van der Waals surface area contributed by atoms with Gasteiger partial charge in [-0.1, -0.05) is 40.0 Å². The molecule has 1 saturated carbocycles. The van der Waals surface area contributed by atoms with Crippen molar-refractivity contribution in [1.29, 1.82) is 0 Å². The fourth-order valence-corrected chi connectivity index (χ4v) is 5.04. The van der Waals surface area contributed by atoms with Crippen LogP contribution in [0.25, 0.3) is 0 Å². The van der Waals surface area contributed by atoms with Crippen LogP contribution in [0.3, 0.4) is 0 Å². The second-order valence-corrected chi connectivity index (χ2v) is 9.18. The Hall–Kier alpha value is -2.58. The maximum atomic E-state index is 13.2. The highest BCUT2D eigenvalue weighted by molar-refractivity contribution is 6.00. The Bertz CT molecular complexity index is 952. The molecule has 1 aromatic heterocycles. The second-order valence-electron chi connectivity index (χ2n) is 9.18. The first kappa shape index (κ1) is 23.1. The largest absolute Gasteiger partial charge is 0.383 e. The highest BCUT2D eigenvalue weighted by Gasteiger charge is 2.42. The van der Waals surface area contributed by atoms with Crippen molar-refractivity contribution in [2.75, 3.05) is 24.2 Å². The quantitative estimate of drug-likeness (QED) is 0.705. The molecule has 31 heavy (non-hydrogen) atoms. The van der Waals surface area contributed by atoms with Gasteiger partial charge < -0.3 is 15.5 Å². The Morgan fingerprint density at radius 3 is 2.61 bits per heavy atom. The van der Waals surface area contributed by atoms with E-state index >= 15 is 0 Å². The van der Waals surface area contributed by atoms with Crippen LogP contribution in [0.4, 0.5) is 11.5 Å². The lowest BCUT2D eigenvalue weighted by Crippen LogP contribution is -2.46. The lowest BCUT2D eigenvalue weighted by Gasteiger charge is -2.40. The number of nitrogens with one attached hydrogen (secondary N) is 1. The summed E-state index contributed by atoms with van der Waals surface area (Å²) in [6, 6.07) is 0.156. The minimum Gasteiger partial charge on any atom is -0.383 e. The van der Waals surface area contributed by atoms with Crippen molar-refractivity contribution in [2.45, 2.75) is 71.9 Å². The number of unbranched alkanes of at least 4 members (excludes halogenated alkanes) is 1. The first-order valence-electron chi connectivity index (χ1n) is 11.4. The molecule has 3 rings (SSSR count). The number of aromatic nitrogens is 2. The number of aromatic amines is 1. The summed E-state index contributed by atoms with van der Waals surface area (Å²) in [5.74, 6) is 0.0554. The summed E-state index contributed by atoms with van der Waals surface area (Å²) in [6.07, 6.45) is 4.92. The number of amides is 2. The number of anilines is 2. The fourth-order valence-electron chi connectivity index (χ4n) is 5.04. The zero-order valence-electron chi connectivity index (χ0n) is 19.0. The van der Waals surface area contributed by atoms with Crippen molar-refractivity contribution in [3.05, 3.63) is 20.8 Å². The molecular weight excluding hydrogens is 398 g/mol. The molecule has 1 aliphatic carbocycles. The Morgan fingerprint density at radius 1 is 1.23 bits per heavy atom. The van der Waals surface area contributed by atoms with E-state index < -0.39 is 17.2 Å². The highest BCUT2D eigenvalue weighted by atomic mass is 16.2. The van der Waals surface area contributed by atoms with Crippen molar-refractivity contribution in [1.82, 2.24) is 14.5 Å². The third kappa shape index (κ3) is 4.41. The van der Waals surface area contributed by atoms with E-state index in [4.69, 9.17) is 5.73 Å². The van der Waals surface area contributed by atoms with Gasteiger partial charge in [-0.05, 0) is 24.7 Å². The van der Waals surface area contributed by atoms with Crippen molar-refractivity contribution in [3.63, 3.8) is 0 Å². The number of rotatable bonds is 6. The molecule has 2 amide bonds. The van der Waals surface area contributed by atoms with E-state index in [1.165, 1.54) is 22.9 Å². The van der Waals surface area contributed by atoms with Crippen LogP contribution in [-0.4, -0.2) is 45.9 Å². The summed E-state index contributed by atoms with van der Waals surface area (Å²) in [5.41, 5.74) is 4.83. The third-order valence-corrected chi connectivity index (χ3v) is 7.19. The smallest absolute Gasteiger partial charge is 0.330 e. The number of nitrogen functional groups attached to an aromatic ring is 1. The van der Waals surface area contributed by atoms with Crippen LogP contribution in [0.1, 0.15) is 59.3 Å². The lowest BCUT2D eigenvalue weighted by atomic mass is 9.77. The monoisotopic (exact) mass is 433 g/mol. The predicted molar refractivity (Wildman–Crippen MR) is 120 cm³/mol. The topological polar surface area (TPSA) is 121 Å². The molecule has 3 N–H and O–H groups in total. The van der Waals surface area contributed by atoms with Gasteiger partial charge in [-0.15, -0.1) is 0 Å². The van der Waals surface area contributed by atoms with Gasteiger partial charge in [-0.3, -0.25) is 23.9 Å². The number of hydrogen-bond donors (Lipinski definition) is 2. The summed E-state index contributed by atoms with van der Waals surface area (Å²) >= 11 is 0. The van der Waals surface area contributed by atoms with Crippen LogP contribution in [0.2, 0.25) is 0 Å². The molecule has 2 fully saturated rings. The van der Waals surface area contributed by atoms with Crippen LogP contribution in [0.15, 0.2) is 9.59 Å². The highest BCUT2D eigenvalue weighted by Crippen LogP contribution is 2.36. The molecule has 0 aromatic carbocycles. The average molecular weight is 434 g/mol. The van der Waals surface area contributed by atoms with Crippen LogP contribution < -0.4 is 21.9 Å². The number of H-pyrrole nitrogens is 1. The minimum atomic E-state index is -0.693. The number of carbonyl (C=O) groups excluding carboxylic acids is 2. The number of hydrogen-bond acceptors (Lipinski definition) is 5. The predicted octanol–water partition coefficient (Wildman–Crippen LogP) is 1.55. The van der Waals surface area contributed by atoms with Gasteiger partial charge in [0.1, 0.15) is 5.82 Å². The van der Waals surface area contributed by atoms with Crippen LogP contribution in [0.5, 0.6) is 0 Å². The summed E-state index contributed by atoms with van der Waals surface area (Å²) in [5, 5.41) is 0. The molecule has 172 valence electrons. The van der Waals surface area contributed by atoms with Gasteiger partial charge in [-0.25, -0.2) is 4.79 Å². The van der Waals surface area contributed by atoms with Gasteiger partial charge in [0.2, 0.25) is 11.8 Å². The van der Waals surface area contributed by atoms with E-state index in [-0.39, 0.29) is 35.8 Å². The number of nitrogens with zero attached hydrogens (tertiary/aromatic N) is 3. The van der Waals surface area contributed by atoms with E-state index in [2.05, 4.69) is 18.8 Å². The molecule has 9 nitrogen and oxygen atoms in total. The molecule has 2 aliphatic rings. The van der Waals surface area contributed by atoms with Gasteiger partial charge in [-0.2, -0.15) is 0 Å². The van der Waals surface area contributed by atoms with Gasteiger partial charge in [0.15, 0.2) is 5.69 Å². The maximum absolute atomic E-state index is 13.2. The number of nitrogens with two attached hydrogens (primary N) is 1. The normalized spacial score (nSPS) is 26.3. The Kier molecular flexibility index (Phi) is 6.91. The Morgan fingerprint density at radius 2 is 1.94 bits per heavy atom. The third-order valence-electron chi connectivity index (χ3n) is 7.19. The lowest BCUT2D eigenvalue weighted by molar-refractivity contribution is -0.132. The van der Waals surface area contributed by atoms with Crippen LogP contribution >= 0.6 is 0 Å². The van der Waals surface area contributed by atoms with Gasteiger partial charge in [0, 0.05) is 32.6 Å². The van der Waals surface area contributed by atoms with Crippen molar-refractivity contribution < 1.29 is 9.59 Å². The standard InChI is InChI=1S/C22H35N5O4/c1-5-6-10-26-19(23)18(20(29)24-22(26)31)25(4)21(30)15-11-17(28)27(12-15)16-9-7-8-13(2)14(16)3/h13-16H,5-12,23H2,1-4H3,(H,24,29,31)/t13-,14-,15-,16-/m1/s1. The Labute approximate surface area is 182 Å². The molecule has 0 radical (unpaired) electrons. The van der Waals surface area contributed by atoms with Crippen molar-refractivity contribution in [2.24, 2.45) is 17.8 Å². The number of likely N-dealkylation sites (tertiary alicyclic amines) is 1. The maximum Gasteiger partial charge on any atom is 0.330 e. The Balaban J connectivity index is 1.82. The van der Waals surface area contributed by atoms with Gasteiger partial charge in [0.25, 0.3) is 5.56 Å². The van der Waals surface area contributed by atoms with Crippen molar-refractivity contribution in [3.8, 4) is 0 Å². The molecule has 1 saturated heterocycles. The molecule has 1 aliphatic heterocycles. The second kappa shape index (κ2) is 9.28. The number of carbonyl (C=O) groups is 2. The van der Waals surface area contributed by atoms with Crippen molar-refractivity contribution >= 4 is 23.3 Å². The zero-order valence-corrected chi connectivity index (χ0v) is 19.0. The molecule has 0 unspecified atom stereocenters. The molecular formula is C22H35N5O4. The summed E-state index contributed by atoms with van der Waals surface area (Å²) in [7, 11) is 1.48. The molecule has 0 bridgehead atoms. The van der Waals surface area contributed by atoms with E-state index in [0.717, 1.165) is 25.7 Å². The van der Waals surface area contributed by atoms with Crippen LogP contribution in [-0.2, 0) is 16.1 Å². The average Bonchev–Trinajstić information content (AvgIpc) is 3.10. The molecule has 0 spiro atoms. The SMILES string of the molecule is CCCCn1c(N)c(N(C)C(=O)[C@@H]2CC(=O)N([C@@H]3CCC[C@@H](C)[C@H]3C)C2)c(=O)[nH]c1=O. The van der Waals surface area contributed by atoms with E-state index in [9.17, 15) is 19.2 Å². The first-order valence-corrected chi connectivity index (χ1v) is 11.4. The molecule has 2 heterocycles. The first-order chi connectivity index (χ1) is 14.7. The van der Waals surface area contributed by atoms with Gasteiger partial charge >= 0.3 is 5.69 Å². The van der Waals surface area contributed by atoms with E-state index in [0.29, 0.717) is 24.9 Å². The van der Waals surface area contributed by atoms with E-state index in [1.54, 1.807) is 0 Å². The minimum absolute atomic E-state index is 0.00695. The molecule has 9 heteroatoms. The van der Waals surface area contributed by atoms with Gasteiger partial charge in [0.05, 0.1) is 5.92 Å².